The predicted octanol–water partition coefficient (Wildman–Crippen LogP) is -0.675. The van der Waals surface area contributed by atoms with Gasteiger partial charge in [0.15, 0.2) is 9.84 Å². The maximum absolute atomic E-state index is 11.3. The fourth-order valence-electron chi connectivity index (χ4n) is 1.53. The maximum Gasteiger partial charge on any atom is 0.151 e. The van der Waals surface area contributed by atoms with E-state index in [9.17, 15) is 8.42 Å². The molecular formula is C8H18N2O2S. The number of piperazine rings is 1. The normalized spacial score (nSPS) is 26.2. The van der Waals surface area contributed by atoms with Crippen LogP contribution in [-0.2, 0) is 9.84 Å². The van der Waals surface area contributed by atoms with Crippen LogP contribution in [0, 0.1) is 0 Å². The highest BCUT2D eigenvalue weighted by Crippen LogP contribution is 2.00. The second-order valence-corrected chi connectivity index (χ2v) is 6.01. The maximum atomic E-state index is 11.3. The summed E-state index contributed by atoms with van der Waals surface area (Å²) >= 11 is 0. The van der Waals surface area contributed by atoms with Gasteiger partial charge in [0.2, 0.25) is 0 Å². The van der Waals surface area contributed by atoms with E-state index in [0.717, 1.165) is 19.6 Å². The monoisotopic (exact) mass is 206 g/mol. The Morgan fingerprint density at radius 2 is 2.23 bits per heavy atom. The molecule has 0 saturated carbocycles. The van der Waals surface area contributed by atoms with Gasteiger partial charge in [-0.25, -0.2) is 8.42 Å². The van der Waals surface area contributed by atoms with Gasteiger partial charge in [0, 0.05) is 31.4 Å². The van der Waals surface area contributed by atoms with Crippen LogP contribution in [0.4, 0.5) is 0 Å². The van der Waals surface area contributed by atoms with Gasteiger partial charge in [-0.15, -0.1) is 0 Å². The smallest absolute Gasteiger partial charge is 0.151 e. The molecule has 1 atom stereocenters. The van der Waals surface area contributed by atoms with Crippen molar-refractivity contribution in [1.29, 1.82) is 0 Å². The molecule has 0 aromatic carbocycles. The number of sulfone groups is 1. The van der Waals surface area contributed by atoms with Crippen molar-refractivity contribution < 1.29 is 8.42 Å². The molecule has 1 fully saturated rings. The van der Waals surface area contributed by atoms with Crippen molar-refractivity contribution in [1.82, 2.24) is 10.2 Å². The van der Waals surface area contributed by atoms with Crippen molar-refractivity contribution >= 4 is 9.84 Å². The average molecular weight is 206 g/mol. The number of nitrogens with one attached hydrogen (secondary N) is 1. The van der Waals surface area contributed by atoms with Crippen molar-refractivity contribution in [3.8, 4) is 0 Å². The average Bonchev–Trinajstić information content (AvgIpc) is 2.03. The molecule has 4 nitrogen and oxygen atoms in total. The summed E-state index contributed by atoms with van der Waals surface area (Å²) in [6.07, 6.45) is 0. The molecule has 1 heterocycles. The van der Waals surface area contributed by atoms with E-state index < -0.39 is 9.84 Å². The zero-order valence-electron chi connectivity index (χ0n) is 8.28. The molecule has 0 bridgehead atoms. The molecule has 0 aromatic rings. The van der Waals surface area contributed by atoms with Crippen molar-refractivity contribution in [3.05, 3.63) is 0 Å². The summed E-state index contributed by atoms with van der Waals surface area (Å²) in [4.78, 5) is 2.16. The van der Waals surface area contributed by atoms with Crippen molar-refractivity contribution in [2.75, 3.05) is 38.2 Å². The molecule has 1 aliphatic rings. The molecule has 1 rings (SSSR count). The van der Waals surface area contributed by atoms with Gasteiger partial charge in [0.05, 0.1) is 5.75 Å². The van der Waals surface area contributed by atoms with Gasteiger partial charge >= 0.3 is 0 Å². The summed E-state index contributed by atoms with van der Waals surface area (Å²) in [7, 11) is -0.811. The van der Waals surface area contributed by atoms with E-state index in [1.165, 1.54) is 0 Å². The Labute approximate surface area is 80.2 Å². The zero-order valence-corrected chi connectivity index (χ0v) is 9.10. The molecule has 0 aliphatic carbocycles. The third kappa shape index (κ3) is 3.62. The molecule has 1 unspecified atom stereocenters. The second kappa shape index (κ2) is 4.39. The summed E-state index contributed by atoms with van der Waals surface area (Å²) in [5, 5.41) is 3.22. The van der Waals surface area contributed by atoms with E-state index in [1.807, 2.05) is 7.05 Å². The molecule has 0 amide bonds. The number of hydrogen-bond donors (Lipinski definition) is 1. The molecule has 1 N–H and O–H groups in total. The Bertz CT molecular complexity index is 251. The molecule has 0 radical (unpaired) electrons. The van der Waals surface area contributed by atoms with E-state index in [0.29, 0.717) is 0 Å². The van der Waals surface area contributed by atoms with Gasteiger partial charge in [-0.3, -0.25) is 0 Å². The van der Waals surface area contributed by atoms with E-state index in [4.69, 9.17) is 0 Å². The summed E-state index contributed by atoms with van der Waals surface area (Å²) in [6, 6.07) is 0.115. The highest BCUT2D eigenvalue weighted by atomic mass is 32.2. The van der Waals surface area contributed by atoms with Gasteiger partial charge in [-0.05, 0) is 7.05 Å². The number of likely N-dealkylation sites (N-methyl/N-ethyl adjacent to an activating group) is 1. The number of hydrogen-bond acceptors (Lipinski definition) is 4. The van der Waals surface area contributed by atoms with Crippen LogP contribution in [0.1, 0.15) is 6.92 Å². The van der Waals surface area contributed by atoms with E-state index >= 15 is 0 Å². The first-order chi connectivity index (χ1) is 6.03. The Hall–Kier alpha value is -0.130. The van der Waals surface area contributed by atoms with Crippen LogP contribution in [0.2, 0.25) is 0 Å². The summed E-state index contributed by atoms with van der Waals surface area (Å²) in [6.45, 7) is 4.42. The summed E-state index contributed by atoms with van der Waals surface area (Å²) < 4.78 is 22.6. The second-order valence-electron chi connectivity index (χ2n) is 3.61. The lowest BCUT2D eigenvalue weighted by molar-refractivity contribution is 0.249. The Morgan fingerprint density at radius 3 is 2.77 bits per heavy atom. The van der Waals surface area contributed by atoms with Gasteiger partial charge < -0.3 is 10.2 Å². The highest BCUT2D eigenvalue weighted by molar-refractivity contribution is 7.91. The first-order valence-electron chi connectivity index (χ1n) is 4.66. The highest BCUT2D eigenvalue weighted by Gasteiger charge is 2.21. The molecule has 78 valence electrons. The Kier molecular flexibility index (Phi) is 3.70. The van der Waals surface area contributed by atoms with Crippen LogP contribution in [0.3, 0.4) is 0 Å². The lowest BCUT2D eigenvalue weighted by Crippen LogP contribution is -2.52. The van der Waals surface area contributed by atoms with Crippen LogP contribution < -0.4 is 5.32 Å². The standard InChI is InChI=1S/C8H18N2O2S/c1-3-13(11,12)7-8-6-10(2)5-4-9-8/h8-9H,3-7H2,1-2H3. The molecule has 13 heavy (non-hydrogen) atoms. The van der Waals surface area contributed by atoms with Crippen LogP contribution in [0.5, 0.6) is 0 Å². The van der Waals surface area contributed by atoms with Crippen molar-refractivity contribution in [3.63, 3.8) is 0 Å². The van der Waals surface area contributed by atoms with Gasteiger partial charge in [-0.2, -0.15) is 0 Å². The molecule has 0 spiro atoms. The van der Waals surface area contributed by atoms with Gasteiger partial charge in [-0.1, -0.05) is 6.92 Å². The van der Waals surface area contributed by atoms with Crippen LogP contribution in [-0.4, -0.2) is 57.5 Å². The number of rotatable bonds is 3. The molecule has 1 aliphatic heterocycles. The largest absolute Gasteiger partial charge is 0.310 e. The quantitative estimate of drug-likeness (QED) is 0.665. The zero-order chi connectivity index (χ0) is 9.90. The fourth-order valence-corrected chi connectivity index (χ4v) is 2.60. The minimum atomic E-state index is -2.83. The van der Waals surface area contributed by atoms with Gasteiger partial charge in [0.25, 0.3) is 0 Å². The predicted molar refractivity (Wildman–Crippen MR) is 53.6 cm³/mol. The van der Waals surface area contributed by atoms with Crippen LogP contribution in [0.15, 0.2) is 0 Å². The molecule has 1 saturated heterocycles. The van der Waals surface area contributed by atoms with E-state index in [1.54, 1.807) is 6.92 Å². The third-order valence-electron chi connectivity index (χ3n) is 2.35. The summed E-state index contributed by atoms with van der Waals surface area (Å²) in [5.41, 5.74) is 0. The molecular weight excluding hydrogens is 188 g/mol. The van der Waals surface area contributed by atoms with E-state index in [-0.39, 0.29) is 17.5 Å². The van der Waals surface area contributed by atoms with Crippen LogP contribution in [0.25, 0.3) is 0 Å². The van der Waals surface area contributed by atoms with Gasteiger partial charge in [0.1, 0.15) is 0 Å². The summed E-state index contributed by atoms with van der Waals surface area (Å²) in [5.74, 6) is 0.517. The van der Waals surface area contributed by atoms with Crippen LogP contribution >= 0.6 is 0 Å². The fraction of sp³-hybridized carbons (Fsp3) is 1.00. The first-order valence-corrected chi connectivity index (χ1v) is 6.48. The lowest BCUT2D eigenvalue weighted by Gasteiger charge is -2.30. The van der Waals surface area contributed by atoms with Crippen molar-refractivity contribution in [2.45, 2.75) is 13.0 Å². The molecule has 0 aromatic heterocycles. The lowest BCUT2D eigenvalue weighted by atomic mass is 10.2. The Balaban J connectivity index is 2.45. The minimum absolute atomic E-state index is 0.115. The first kappa shape index (κ1) is 10.9. The van der Waals surface area contributed by atoms with E-state index in [2.05, 4.69) is 10.2 Å². The minimum Gasteiger partial charge on any atom is -0.310 e. The third-order valence-corrected chi connectivity index (χ3v) is 4.14. The Morgan fingerprint density at radius 1 is 1.54 bits per heavy atom. The molecule has 5 heteroatoms. The topological polar surface area (TPSA) is 49.4 Å². The number of nitrogens with zero attached hydrogens (tertiary/aromatic N) is 1. The van der Waals surface area contributed by atoms with Crippen molar-refractivity contribution in [2.24, 2.45) is 0 Å². The SMILES string of the molecule is CCS(=O)(=O)CC1CN(C)CCN1.